The van der Waals surface area contributed by atoms with Crippen LogP contribution in [-0.2, 0) is 10.1 Å². The Morgan fingerprint density at radius 1 is 1.42 bits per heavy atom. The summed E-state index contributed by atoms with van der Waals surface area (Å²) in [6.45, 7) is 0. The Morgan fingerprint density at radius 2 is 2.00 bits per heavy atom. The molecule has 0 aliphatic heterocycles. The molecular formula is C8H6ClF3N2O4S. The highest BCUT2D eigenvalue weighted by molar-refractivity contribution is 7.87. The maximum atomic E-state index is 12.0. The Morgan fingerprint density at radius 3 is 2.42 bits per heavy atom. The fourth-order valence-corrected chi connectivity index (χ4v) is 1.57. The lowest BCUT2D eigenvalue weighted by molar-refractivity contribution is -0.0501. The molecule has 1 heterocycles. The average Bonchev–Trinajstić information content (AvgIpc) is 2.26. The highest BCUT2D eigenvalue weighted by Crippen LogP contribution is 2.27. The van der Waals surface area contributed by atoms with E-state index in [1.807, 2.05) is 0 Å². The van der Waals surface area contributed by atoms with Gasteiger partial charge in [-0.15, -0.1) is 0 Å². The molecule has 1 rings (SSSR count). The van der Waals surface area contributed by atoms with Crippen LogP contribution in [-0.4, -0.2) is 31.9 Å². The number of amides is 1. The van der Waals surface area contributed by atoms with E-state index in [1.54, 1.807) is 0 Å². The molecule has 0 aliphatic rings. The topological polar surface area (TPSA) is 85.4 Å². The predicted molar refractivity (Wildman–Crippen MR) is 58.2 cm³/mol. The van der Waals surface area contributed by atoms with Crippen molar-refractivity contribution in [3.8, 4) is 5.88 Å². The number of carbonyl (C=O) groups is 1. The number of halogens is 4. The third-order valence-corrected chi connectivity index (χ3v) is 3.02. The van der Waals surface area contributed by atoms with Crippen molar-refractivity contribution in [2.45, 2.75) is 5.51 Å². The third kappa shape index (κ3) is 3.47. The van der Waals surface area contributed by atoms with Crippen LogP contribution in [0.3, 0.4) is 0 Å². The molecule has 0 unspecified atom stereocenters. The molecule has 1 N–H and O–H groups in total. The fraction of sp³-hybridized carbons (Fsp3) is 0.250. The van der Waals surface area contributed by atoms with E-state index in [1.165, 1.54) is 7.05 Å². The predicted octanol–water partition coefficient (Wildman–Crippen LogP) is 1.32. The van der Waals surface area contributed by atoms with E-state index in [-0.39, 0.29) is 5.56 Å². The first-order chi connectivity index (χ1) is 8.58. The molecule has 11 heteroatoms. The van der Waals surface area contributed by atoms with Gasteiger partial charge in [-0.1, -0.05) is 11.6 Å². The van der Waals surface area contributed by atoms with E-state index in [0.717, 1.165) is 12.1 Å². The molecule has 0 aromatic carbocycles. The van der Waals surface area contributed by atoms with Crippen molar-refractivity contribution >= 4 is 27.6 Å². The van der Waals surface area contributed by atoms with Crippen molar-refractivity contribution in [2.75, 3.05) is 7.05 Å². The number of hydrogen-bond donors (Lipinski definition) is 1. The van der Waals surface area contributed by atoms with Crippen LogP contribution < -0.4 is 9.50 Å². The normalized spacial score (nSPS) is 12.1. The fourth-order valence-electron chi connectivity index (χ4n) is 0.928. The van der Waals surface area contributed by atoms with Gasteiger partial charge in [-0.05, 0) is 6.07 Å². The first-order valence-corrected chi connectivity index (χ1v) is 6.26. The zero-order chi connectivity index (χ0) is 14.8. The molecule has 1 amide bonds. The second-order valence-corrected chi connectivity index (χ2v) is 4.95. The number of rotatable bonds is 3. The van der Waals surface area contributed by atoms with Crippen LogP contribution in [0.15, 0.2) is 12.1 Å². The van der Waals surface area contributed by atoms with Gasteiger partial charge in [-0.2, -0.15) is 26.6 Å². The maximum absolute atomic E-state index is 12.0. The Bertz CT molecular complexity index is 603. The van der Waals surface area contributed by atoms with Gasteiger partial charge in [0.1, 0.15) is 5.15 Å². The third-order valence-electron chi connectivity index (χ3n) is 1.77. The molecule has 0 spiro atoms. The molecule has 0 saturated heterocycles. The largest absolute Gasteiger partial charge is 0.534 e. The summed E-state index contributed by atoms with van der Waals surface area (Å²) in [4.78, 5) is 14.5. The Hall–Kier alpha value is -1.55. The van der Waals surface area contributed by atoms with Crippen LogP contribution >= 0.6 is 11.6 Å². The Balaban J connectivity index is 3.07. The standard InChI is InChI=1S/C8H6ClF3N2O4S/c1-13-7(15)4-2-3-5(14-6(4)9)18-19(16,17)8(10,11)12/h2-3H,1H3,(H,13,15). The van der Waals surface area contributed by atoms with Crippen molar-refractivity contribution in [3.05, 3.63) is 22.8 Å². The van der Waals surface area contributed by atoms with Crippen molar-refractivity contribution in [2.24, 2.45) is 0 Å². The second-order valence-electron chi connectivity index (χ2n) is 3.05. The van der Waals surface area contributed by atoms with Gasteiger partial charge < -0.3 is 9.50 Å². The first kappa shape index (κ1) is 15.5. The zero-order valence-corrected chi connectivity index (χ0v) is 10.7. The lowest BCUT2D eigenvalue weighted by Crippen LogP contribution is -2.28. The van der Waals surface area contributed by atoms with Crippen LogP contribution in [0.4, 0.5) is 13.2 Å². The molecule has 0 saturated carbocycles. The lowest BCUT2D eigenvalue weighted by Gasteiger charge is -2.09. The summed E-state index contributed by atoms with van der Waals surface area (Å²) < 4.78 is 61.3. The minimum absolute atomic E-state index is 0.138. The molecular weight excluding hydrogens is 313 g/mol. The molecule has 6 nitrogen and oxygen atoms in total. The number of carbonyl (C=O) groups excluding carboxylic acids is 1. The van der Waals surface area contributed by atoms with E-state index in [2.05, 4.69) is 14.5 Å². The van der Waals surface area contributed by atoms with Crippen LogP contribution in [0.2, 0.25) is 5.15 Å². The van der Waals surface area contributed by atoms with Crippen LogP contribution in [0.1, 0.15) is 10.4 Å². The van der Waals surface area contributed by atoms with Gasteiger partial charge in [0.2, 0.25) is 5.88 Å². The molecule has 0 fully saturated rings. The average molecular weight is 319 g/mol. The zero-order valence-electron chi connectivity index (χ0n) is 9.16. The number of pyridine rings is 1. The highest BCUT2D eigenvalue weighted by atomic mass is 35.5. The van der Waals surface area contributed by atoms with Crippen LogP contribution in [0.25, 0.3) is 0 Å². The number of alkyl halides is 3. The van der Waals surface area contributed by atoms with E-state index in [0.29, 0.717) is 0 Å². The minimum atomic E-state index is -5.83. The van der Waals surface area contributed by atoms with Crippen molar-refractivity contribution < 1.29 is 30.6 Å². The smallest absolute Gasteiger partial charge is 0.355 e. The van der Waals surface area contributed by atoms with E-state index < -0.39 is 32.6 Å². The van der Waals surface area contributed by atoms with Gasteiger partial charge in [-0.25, -0.2) is 0 Å². The number of nitrogens with zero attached hydrogens (tertiary/aromatic N) is 1. The number of aromatic nitrogens is 1. The minimum Gasteiger partial charge on any atom is -0.355 e. The molecule has 0 atom stereocenters. The van der Waals surface area contributed by atoms with Gasteiger partial charge in [-0.3, -0.25) is 4.79 Å². The summed E-state index contributed by atoms with van der Waals surface area (Å²) in [7, 11) is -4.53. The molecule has 0 aliphatic carbocycles. The summed E-state index contributed by atoms with van der Waals surface area (Å²) in [5.74, 6) is -1.53. The van der Waals surface area contributed by atoms with E-state index in [4.69, 9.17) is 11.6 Å². The summed E-state index contributed by atoms with van der Waals surface area (Å²) in [5, 5.41) is 1.72. The molecule has 1 aromatic rings. The summed E-state index contributed by atoms with van der Waals surface area (Å²) in [6, 6.07) is 1.76. The summed E-state index contributed by atoms with van der Waals surface area (Å²) >= 11 is 5.52. The summed E-state index contributed by atoms with van der Waals surface area (Å²) in [6.07, 6.45) is 0. The van der Waals surface area contributed by atoms with E-state index >= 15 is 0 Å². The quantitative estimate of drug-likeness (QED) is 0.516. The van der Waals surface area contributed by atoms with Gasteiger partial charge in [0.15, 0.2) is 0 Å². The van der Waals surface area contributed by atoms with Crippen LogP contribution in [0.5, 0.6) is 5.88 Å². The van der Waals surface area contributed by atoms with Gasteiger partial charge in [0.05, 0.1) is 5.56 Å². The van der Waals surface area contributed by atoms with Gasteiger partial charge in [0.25, 0.3) is 5.91 Å². The summed E-state index contributed by atoms with van der Waals surface area (Å²) in [5.41, 5.74) is -5.72. The van der Waals surface area contributed by atoms with Crippen molar-refractivity contribution in [1.82, 2.24) is 10.3 Å². The molecule has 0 radical (unpaired) electrons. The molecule has 1 aromatic heterocycles. The SMILES string of the molecule is CNC(=O)c1ccc(OS(=O)(=O)C(F)(F)F)nc1Cl. The number of nitrogens with one attached hydrogen (secondary N) is 1. The molecule has 19 heavy (non-hydrogen) atoms. The molecule has 0 bridgehead atoms. The Labute approximate surface area is 110 Å². The monoisotopic (exact) mass is 318 g/mol. The van der Waals surface area contributed by atoms with Crippen molar-refractivity contribution in [3.63, 3.8) is 0 Å². The van der Waals surface area contributed by atoms with Crippen molar-refractivity contribution in [1.29, 1.82) is 0 Å². The van der Waals surface area contributed by atoms with E-state index in [9.17, 15) is 26.4 Å². The van der Waals surface area contributed by atoms with Gasteiger partial charge in [0, 0.05) is 13.1 Å². The highest BCUT2D eigenvalue weighted by Gasteiger charge is 2.48. The lowest BCUT2D eigenvalue weighted by atomic mass is 10.3. The van der Waals surface area contributed by atoms with Crippen LogP contribution in [0, 0.1) is 0 Å². The maximum Gasteiger partial charge on any atom is 0.534 e. The van der Waals surface area contributed by atoms with Gasteiger partial charge >= 0.3 is 15.6 Å². The molecule has 106 valence electrons. The Kier molecular flexibility index (Phi) is 4.25. The number of hydrogen-bond acceptors (Lipinski definition) is 5. The first-order valence-electron chi connectivity index (χ1n) is 4.48. The second kappa shape index (κ2) is 5.21.